The van der Waals surface area contributed by atoms with E-state index in [4.69, 9.17) is 14.5 Å². The van der Waals surface area contributed by atoms with E-state index < -0.39 is 0 Å². The summed E-state index contributed by atoms with van der Waals surface area (Å²) >= 11 is 0. The molecular formula is C19H30IN3O2. The Kier molecular flexibility index (Phi) is 7.81. The van der Waals surface area contributed by atoms with E-state index in [0.717, 1.165) is 43.2 Å². The molecule has 140 valence electrons. The number of hydrogen-bond acceptors (Lipinski definition) is 3. The molecule has 5 nitrogen and oxygen atoms in total. The van der Waals surface area contributed by atoms with Crippen molar-refractivity contribution >= 4 is 29.9 Å². The molecule has 2 bridgehead atoms. The Hall–Kier alpha value is -1.02. The number of rotatable bonds is 6. The molecule has 25 heavy (non-hydrogen) atoms. The highest BCUT2D eigenvalue weighted by Gasteiger charge is 2.41. The number of aliphatic imine (C=N–C) groups is 1. The molecule has 0 aromatic heterocycles. The highest BCUT2D eigenvalue weighted by atomic mass is 127. The molecular weight excluding hydrogens is 429 g/mol. The Bertz CT molecular complexity index is 594. The molecule has 2 fully saturated rings. The van der Waals surface area contributed by atoms with Gasteiger partial charge in [-0.1, -0.05) is 12.1 Å². The van der Waals surface area contributed by atoms with Gasteiger partial charge in [-0.3, -0.25) is 4.99 Å². The molecule has 1 aromatic carbocycles. The summed E-state index contributed by atoms with van der Waals surface area (Å²) in [6.45, 7) is 5.78. The molecule has 0 aliphatic carbocycles. The van der Waals surface area contributed by atoms with Crippen molar-refractivity contribution in [1.29, 1.82) is 0 Å². The minimum absolute atomic E-state index is 0. The van der Waals surface area contributed by atoms with Crippen LogP contribution in [-0.4, -0.2) is 44.4 Å². The van der Waals surface area contributed by atoms with Gasteiger partial charge in [-0.25, -0.2) is 0 Å². The Morgan fingerprint density at radius 1 is 1.36 bits per heavy atom. The topological polar surface area (TPSA) is 54.9 Å². The van der Waals surface area contributed by atoms with E-state index in [2.05, 4.69) is 42.7 Å². The average Bonchev–Trinajstić information content (AvgIpc) is 3.19. The van der Waals surface area contributed by atoms with Gasteiger partial charge in [0.25, 0.3) is 0 Å². The maximum atomic E-state index is 5.92. The normalized spacial score (nSPS) is 24.8. The summed E-state index contributed by atoms with van der Waals surface area (Å²) in [4.78, 5) is 4.73. The average molecular weight is 459 g/mol. The molecule has 3 rings (SSSR count). The lowest BCUT2D eigenvalue weighted by atomic mass is 9.96. The number of hydrogen-bond donors (Lipinski definition) is 2. The lowest BCUT2D eigenvalue weighted by molar-refractivity contribution is 0.0992. The van der Waals surface area contributed by atoms with Crippen LogP contribution in [0.5, 0.6) is 5.75 Å². The third-order valence-corrected chi connectivity index (χ3v) is 4.92. The van der Waals surface area contributed by atoms with Crippen LogP contribution in [0.15, 0.2) is 23.2 Å². The highest BCUT2D eigenvalue weighted by Crippen LogP contribution is 2.34. The minimum atomic E-state index is 0. The van der Waals surface area contributed by atoms with E-state index in [1.54, 1.807) is 7.11 Å². The molecule has 3 unspecified atom stereocenters. The van der Waals surface area contributed by atoms with Crippen molar-refractivity contribution in [3.05, 3.63) is 29.3 Å². The van der Waals surface area contributed by atoms with Crippen molar-refractivity contribution in [2.45, 2.75) is 57.8 Å². The third-order valence-electron chi connectivity index (χ3n) is 4.92. The van der Waals surface area contributed by atoms with Gasteiger partial charge in [0.1, 0.15) is 5.75 Å². The van der Waals surface area contributed by atoms with Crippen molar-refractivity contribution in [2.75, 3.05) is 20.2 Å². The molecule has 0 amide bonds. The second-order valence-corrected chi connectivity index (χ2v) is 6.68. The predicted octanol–water partition coefficient (Wildman–Crippen LogP) is 3.04. The summed E-state index contributed by atoms with van der Waals surface area (Å²) in [7, 11) is 1.72. The summed E-state index contributed by atoms with van der Waals surface area (Å²) in [5, 5.41) is 6.90. The van der Waals surface area contributed by atoms with Crippen LogP contribution < -0.4 is 15.4 Å². The first-order chi connectivity index (χ1) is 11.7. The number of halogens is 1. The van der Waals surface area contributed by atoms with Crippen molar-refractivity contribution in [3.8, 4) is 5.75 Å². The lowest BCUT2D eigenvalue weighted by Crippen LogP contribution is -2.47. The molecule has 3 atom stereocenters. The number of nitrogens with one attached hydrogen (secondary N) is 2. The first kappa shape index (κ1) is 20.3. The quantitative estimate of drug-likeness (QED) is 0.390. The molecule has 2 heterocycles. The van der Waals surface area contributed by atoms with Crippen LogP contribution >= 0.6 is 24.0 Å². The maximum Gasteiger partial charge on any atom is 0.191 e. The summed E-state index contributed by atoms with van der Waals surface area (Å²) in [6, 6.07) is 6.77. The fourth-order valence-electron chi connectivity index (χ4n) is 3.60. The van der Waals surface area contributed by atoms with Crippen LogP contribution in [0, 0.1) is 6.92 Å². The maximum absolute atomic E-state index is 5.92. The van der Waals surface area contributed by atoms with Crippen LogP contribution in [0.25, 0.3) is 0 Å². The van der Waals surface area contributed by atoms with Crippen LogP contribution in [0.2, 0.25) is 0 Å². The summed E-state index contributed by atoms with van der Waals surface area (Å²) in [5.41, 5.74) is 2.41. The largest absolute Gasteiger partial charge is 0.496 e. The summed E-state index contributed by atoms with van der Waals surface area (Å²) < 4.78 is 11.3. The van der Waals surface area contributed by atoms with Gasteiger partial charge in [0.05, 0.1) is 25.4 Å². The summed E-state index contributed by atoms with van der Waals surface area (Å²) in [6.07, 6.45) is 5.21. The second kappa shape index (κ2) is 9.62. The number of methoxy groups -OCH3 is 1. The van der Waals surface area contributed by atoms with E-state index in [9.17, 15) is 0 Å². The number of aryl methyl sites for hydroxylation is 1. The van der Waals surface area contributed by atoms with Crippen LogP contribution in [0.1, 0.15) is 37.3 Å². The van der Waals surface area contributed by atoms with Gasteiger partial charge < -0.3 is 20.1 Å². The van der Waals surface area contributed by atoms with Gasteiger partial charge in [0, 0.05) is 13.1 Å². The first-order valence-corrected chi connectivity index (χ1v) is 9.03. The third kappa shape index (κ3) is 5.23. The second-order valence-electron chi connectivity index (χ2n) is 6.68. The van der Waals surface area contributed by atoms with E-state index >= 15 is 0 Å². The van der Waals surface area contributed by atoms with Crippen molar-refractivity contribution in [1.82, 2.24) is 10.6 Å². The number of fused-ring (bicyclic) bond motifs is 2. The highest BCUT2D eigenvalue weighted by molar-refractivity contribution is 14.0. The van der Waals surface area contributed by atoms with Crippen LogP contribution in [-0.2, 0) is 11.2 Å². The van der Waals surface area contributed by atoms with Gasteiger partial charge in [-0.2, -0.15) is 0 Å². The molecule has 6 heteroatoms. The molecule has 0 spiro atoms. The lowest BCUT2D eigenvalue weighted by Gasteiger charge is -2.22. The molecule has 0 radical (unpaired) electrons. The van der Waals surface area contributed by atoms with E-state index in [1.165, 1.54) is 18.4 Å². The molecule has 2 aliphatic rings. The van der Waals surface area contributed by atoms with Gasteiger partial charge in [0.15, 0.2) is 5.96 Å². The SMILES string of the molecule is CCNC(=NCCc1ccc(C)c(OC)c1)NC1CC2CCC1O2.I. The monoisotopic (exact) mass is 459 g/mol. The van der Waals surface area contributed by atoms with E-state index in [1.807, 2.05) is 0 Å². The molecule has 1 aromatic rings. The van der Waals surface area contributed by atoms with Crippen LogP contribution in [0.3, 0.4) is 0 Å². The molecule has 0 saturated carbocycles. The minimum Gasteiger partial charge on any atom is -0.496 e. The van der Waals surface area contributed by atoms with Crippen molar-refractivity contribution in [2.24, 2.45) is 4.99 Å². The van der Waals surface area contributed by atoms with Crippen molar-refractivity contribution in [3.63, 3.8) is 0 Å². The van der Waals surface area contributed by atoms with Gasteiger partial charge >= 0.3 is 0 Å². The first-order valence-electron chi connectivity index (χ1n) is 9.03. The Labute approximate surface area is 168 Å². The Balaban J connectivity index is 0.00000225. The zero-order chi connectivity index (χ0) is 16.9. The predicted molar refractivity (Wildman–Crippen MR) is 112 cm³/mol. The molecule has 2 saturated heterocycles. The van der Waals surface area contributed by atoms with Gasteiger partial charge in [-0.05, 0) is 56.7 Å². The van der Waals surface area contributed by atoms with Crippen molar-refractivity contribution < 1.29 is 9.47 Å². The molecule has 2 N–H and O–H groups in total. The number of benzene rings is 1. The van der Waals surface area contributed by atoms with Gasteiger partial charge in [-0.15, -0.1) is 24.0 Å². The Morgan fingerprint density at radius 3 is 2.84 bits per heavy atom. The molecule has 2 aliphatic heterocycles. The number of nitrogens with zero attached hydrogens (tertiary/aromatic N) is 1. The zero-order valence-corrected chi connectivity index (χ0v) is 17.7. The fraction of sp³-hybridized carbons (Fsp3) is 0.632. The Morgan fingerprint density at radius 2 is 2.20 bits per heavy atom. The van der Waals surface area contributed by atoms with Gasteiger partial charge in [0.2, 0.25) is 0 Å². The smallest absolute Gasteiger partial charge is 0.191 e. The van der Waals surface area contributed by atoms with E-state index in [0.29, 0.717) is 18.2 Å². The van der Waals surface area contributed by atoms with Crippen LogP contribution in [0.4, 0.5) is 0 Å². The summed E-state index contributed by atoms with van der Waals surface area (Å²) in [5.74, 6) is 1.85. The fourth-order valence-corrected chi connectivity index (χ4v) is 3.60. The number of guanidine groups is 1. The number of ether oxygens (including phenoxy) is 2. The zero-order valence-electron chi connectivity index (χ0n) is 15.4. The van der Waals surface area contributed by atoms with E-state index in [-0.39, 0.29) is 24.0 Å². The standard InChI is InChI=1S/C19H29N3O2.HI/c1-4-20-19(22-16-12-15-7-8-17(16)24-15)21-10-9-14-6-5-13(2)18(11-14)23-3;/h5-6,11,15-17H,4,7-10,12H2,1-3H3,(H2,20,21,22);1H.